The van der Waals surface area contributed by atoms with E-state index in [1.54, 1.807) is 0 Å². The minimum absolute atomic E-state index is 0.487. The molecule has 0 bridgehead atoms. The van der Waals surface area contributed by atoms with Gasteiger partial charge in [-0.2, -0.15) is 0 Å². The highest BCUT2D eigenvalue weighted by atomic mass is 15.4. The van der Waals surface area contributed by atoms with Crippen LogP contribution in [0.4, 0.5) is 0 Å². The third kappa shape index (κ3) is 4.58. The van der Waals surface area contributed by atoms with Gasteiger partial charge in [0.2, 0.25) is 0 Å². The molecule has 1 saturated heterocycles. The molecule has 0 aromatic carbocycles. The smallest absolute Gasteiger partial charge is 0.0964 e. The molecule has 0 amide bonds. The topological polar surface area (TPSA) is 46.0 Å². The largest absolute Gasteiger partial charge is 0.309 e. The van der Waals surface area contributed by atoms with Gasteiger partial charge in [0, 0.05) is 31.9 Å². The zero-order valence-electron chi connectivity index (χ0n) is 12.5. The number of hydrogen-bond acceptors (Lipinski definition) is 4. The van der Waals surface area contributed by atoms with E-state index in [4.69, 9.17) is 0 Å². The molecule has 0 aliphatic carbocycles. The van der Waals surface area contributed by atoms with Crippen molar-refractivity contribution < 1.29 is 0 Å². The second-order valence-electron chi connectivity index (χ2n) is 5.87. The van der Waals surface area contributed by atoms with E-state index >= 15 is 0 Å². The molecule has 0 saturated carbocycles. The molecule has 1 atom stereocenters. The lowest BCUT2D eigenvalue weighted by Gasteiger charge is -2.14. The van der Waals surface area contributed by atoms with Crippen LogP contribution in [0.2, 0.25) is 0 Å². The van der Waals surface area contributed by atoms with Crippen molar-refractivity contribution in [2.24, 2.45) is 5.92 Å². The van der Waals surface area contributed by atoms with Crippen LogP contribution < -0.4 is 5.32 Å². The fourth-order valence-corrected chi connectivity index (χ4v) is 2.53. The maximum absolute atomic E-state index is 4.20. The maximum atomic E-state index is 4.20. The monoisotopic (exact) mass is 265 g/mol. The van der Waals surface area contributed by atoms with Crippen molar-refractivity contribution in [3.05, 3.63) is 11.9 Å². The molecule has 1 N–H and O–H groups in total. The van der Waals surface area contributed by atoms with Gasteiger partial charge in [-0.3, -0.25) is 4.68 Å². The molecule has 19 heavy (non-hydrogen) atoms. The number of likely N-dealkylation sites (tertiary alicyclic amines) is 1. The number of hydrogen-bond donors (Lipinski definition) is 1. The van der Waals surface area contributed by atoms with Crippen molar-refractivity contribution in [2.45, 2.75) is 52.7 Å². The van der Waals surface area contributed by atoms with Gasteiger partial charge < -0.3 is 10.2 Å². The van der Waals surface area contributed by atoms with Crippen molar-refractivity contribution >= 4 is 0 Å². The molecule has 1 aliphatic heterocycles. The number of nitrogens with zero attached hydrogens (tertiary/aromatic N) is 4. The van der Waals surface area contributed by atoms with Crippen molar-refractivity contribution in [2.75, 3.05) is 19.6 Å². The molecule has 5 nitrogen and oxygen atoms in total. The van der Waals surface area contributed by atoms with E-state index in [-0.39, 0.29) is 0 Å². The van der Waals surface area contributed by atoms with Crippen LogP contribution in [0.5, 0.6) is 0 Å². The molecular formula is C14H27N5. The Morgan fingerprint density at radius 1 is 1.42 bits per heavy atom. The van der Waals surface area contributed by atoms with Gasteiger partial charge in [-0.15, -0.1) is 5.10 Å². The molecule has 1 aromatic heterocycles. The van der Waals surface area contributed by atoms with Gasteiger partial charge in [0.15, 0.2) is 0 Å². The highest BCUT2D eigenvalue weighted by molar-refractivity contribution is 4.92. The van der Waals surface area contributed by atoms with Crippen molar-refractivity contribution in [1.29, 1.82) is 0 Å². The number of rotatable bonds is 7. The predicted molar refractivity (Wildman–Crippen MR) is 76.8 cm³/mol. The molecule has 5 heteroatoms. The first-order chi connectivity index (χ1) is 9.17. The SMILES string of the molecule is CCC1CCN(CCn2cc(CNC(C)C)nn2)C1. The van der Waals surface area contributed by atoms with Crippen LogP contribution >= 0.6 is 0 Å². The Balaban J connectivity index is 1.71. The lowest BCUT2D eigenvalue weighted by Crippen LogP contribution is -2.25. The first-order valence-electron chi connectivity index (χ1n) is 7.52. The second kappa shape index (κ2) is 7.01. The zero-order chi connectivity index (χ0) is 13.7. The Bertz CT molecular complexity index is 374. The molecule has 2 heterocycles. The van der Waals surface area contributed by atoms with E-state index in [0.29, 0.717) is 6.04 Å². The normalized spacial score (nSPS) is 20.5. The summed E-state index contributed by atoms with van der Waals surface area (Å²) in [7, 11) is 0. The molecule has 2 rings (SSSR count). The zero-order valence-corrected chi connectivity index (χ0v) is 12.5. The van der Waals surface area contributed by atoms with Crippen molar-refractivity contribution in [3.8, 4) is 0 Å². The Kier molecular flexibility index (Phi) is 5.34. The highest BCUT2D eigenvalue weighted by Crippen LogP contribution is 2.18. The van der Waals surface area contributed by atoms with Crippen LogP contribution in [0.25, 0.3) is 0 Å². The average molecular weight is 265 g/mol. The maximum Gasteiger partial charge on any atom is 0.0964 e. The van der Waals surface area contributed by atoms with Crippen molar-refractivity contribution in [1.82, 2.24) is 25.2 Å². The van der Waals surface area contributed by atoms with Crippen LogP contribution in [-0.4, -0.2) is 45.6 Å². The minimum Gasteiger partial charge on any atom is -0.309 e. The van der Waals surface area contributed by atoms with Crippen LogP contribution in [0.1, 0.15) is 39.3 Å². The average Bonchev–Trinajstić information content (AvgIpc) is 3.03. The van der Waals surface area contributed by atoms with Crippen LogP contribution in [0.15, 0.2) is 6.20 Å². The second-order valence-corrected chi connectivity index (χ2v) is 5.87. The third-order valence-corrected chi connectivity index (χ3v) is 3.87. The van der Waals surface area contributed by atoms with E-state index in [9.17, 15) is 0 Å². The lowest BCUT2D eigenvalue weighted by atomic mass is 10.1. The fraction of sp³-hybridized carbons (Fsp3) is 0.857. The van der Waals surface area contributed by atoms with Gasteiger partial charge in [-0.05, 0) is 18.9 Å². The summed E-state index contributed by atoms with van der Waals surface area (Å²) in [5, 5.41) is 11.8. The first-order valence-corrected chi connectivity index (χ1v) is 7.52. The summed E-state index contributed by atoms with van der Waals surface area (Å²) in [6.07, 6.45) is 4.73. The molecule has 1 aliphatic rings. The lowest BCUT2D eigenvalue weighted by molar-refractivity contribution is 0.301. The molecule has 1 unspecified atom stereocenters. The molecular weight excluding hydrogens is 238 g/mol. The van der Waals surface area contributed by atoms with Gasteiger partial charge in [0.1, 0.15) is 0 Å². The Morgan fingerprint density at radius 3 is 2.95 bits per heavy atom. The van der Waals surface area contributed by atoms with Gasteiger partial charge in [-0.25, -0.2) is 0 Å². The van der Waals surface area contributed by atoms with Crippen molar-refractivity contribution in [3.63, 3.8) is 0 Å². The Hall–Kier alpha value is -0.940. The van der Waals surface area contributed by atoms with Crippen LogP contribution in [-0.2, 0) is 13.1 Å². The summed E-state index contributed by atoms with van der Waals surface area (Å²) in [4.78, 5) is 2.54. The van der Waals surface area contributed by atoms with Crippen LogP contribution in [0, 0.1) is 5.92 Å². The molecule has 0 radical (unpaired) electrons. The van der Waals surface area contributed by atoms with Crippen LogP contribution in [0.3, 0.4) is 0 Å². The predicted octanol–water partition coefficient (Wildman–Crippen LogP) is 1.51. The minimum atomic E-state index is 0.487. The summed E-state index contributed by atoms with van der Waals surface area (Å²) in [5.41, 5.74) is 1.03. The van der Waals surface area contributed by atoms with E-state index in [2.05, 4.69) is 47.5 Å². The van der Waals surface area contributed by atoms with Gasteiger partial charge in [-0.1, -0.05) is 32.4 Å². The summed E-state index contributed by atoms with van der Waals surface area (Å²) in [5.74, 6) is 0.904. The summed E-state index contributed by atoms with van der Waals surface area (Å²) >= 11 is 0. The number of aromatic nitrogens is 3. The number of nitrogens with one attached hydrogen (secondary N) is 1. The van der Waals surface area contributed by atoms with E-state index < -0.39 is 0 Å². The van der Waals surface area contributed by atoms with E-state index in [1.165, 1.54) is 25.9 Å². The highest BCUT2D eigenvalue weighted by Gasteiger charge is 2.20. The fourth-order valence-electron chi connectivity index (χ4n) is 2.53. The summed E-state index contributed by atoms with van der Waals surface area (Å²) < 4.78 is 1.97. The summed E-state index contributed by atoms with van der Waals surface area (Å²) in [6.45, 7) is 11.9. The molecule has 108 valence electrons. The first kappa shape index (κ1) is 14.5. The van der Waals surface area contributed by atoms with E-state index in [1.807, 2.05) is 4.68 Å². The van der Waals surface area contributed by atoms with Gasteiger partial charge in [0.05, 0.1) is 12.2 Å². The van der Waals surface area contributed by atoms with Gasteiger partial charge in [0.25, 0.3) is 0 Å². The molecule has 0 spiro atoms. The quantitative estimate of drug-likeness (QED) is 0.812. The standard InChI is InChI=1S/C14H27N5/c1-4-13-5-6-18(10-13)7-8-19-11-14(16-17-19)9-15-12(2)3/h11-13,15H,4-10H2,1-3H3. The van der Waals surface area contributed by atoms with E-state index in [0.717, 1.165) is 31.2 Å². The Labute approximate surface area is 116 Å². The third-order valence-electron chi connectivity index (χ3n) is 3.87. The molecule has 1 aromatic rings. The van der Waals surface area contributed by atoms with Gasteiger partial charge >= 0.3 is 0 Å². The Morgan fingerprint density at radius 2 is 2.26 bits per heavy atom. The summed E-state index contributed by atoms with van der Waals surface area (Å²) in [6, 6.07) is 0.487. The molecule has 1 fully saturated rings.